The number of aliphatic hydroxyl groups is 2. The van der Waals surface area contributed by atoms with Crippen molar-refractivity contribution in [2.24, 2.45) is 22.7 Å². The predicted octanol–water partition coefficient (Wildman–Crippen LogP) is 5.43. The number of ether oxygens (including phenoxy) is 2. The van der Waals surface area contributed by atoms with E-state index in [-0.39, 0.29) is 24.0 Å². The van der Waals surface area contributed by atoms with E-state index in [0.29, 0.717) is 30.4 Å². The van der Waals surface area contributed by atoms with Gasteiger partial charge in [-0.15, -0.1) is 0 Å². The smallest absolute Gasteiger partial charge is 0.193 e. The fraction of sp³-hybridized carbons (Fsp3) is 0.541. The maximum atomic E-state index is 17.6. The highest BCUT2D eigenvalue weighted by atomic mass is 19.1. The van der Waals surface area contributed by atoms with Crippen LogP contribution in [0.3, 0.4) is 0 Å². The Bertz CT molecular complexity index is 1590. The molecular weight excluding hydrogens is 573 g/mol. The second kappa shape index (κ2) is 10.5. The molecule has 1 aromatic heterocycles. The number of halogens is 1. The van der Waals surface area contributed by atoms with E-state index in [1.54, 1.807) is 19.2 Å². The number of pyridine rings is 1. The zero-order valence-electron chi connectivity index (χ0n) is 26.3. The third-order valence-electron chi connectivity index (χ3n) is 12.2. The van der Waals surface area contributed by atoms with Gasteiger partial charge in [0.15, 0.2) is 29.1 Å². The van der Waals surface area contributed by atoms with E-state index in [1.165, 1.54) is 23.3 Å². The molecule has 238 valence electrons. The van der Waals surface area contributed by atoms with Crippen LogP contribution in [0.15, 0.2) is 66.4 Å². The van der Waals surface area contributed by atoms with Crippen molar-refractivity contribution in [3.05, 3.63) is 88.8 Å². The molecule has 1 aliphatic heterocycles. The summed E-state index contributed by atoms with van der Waals surface area (Å²) in [7, 11) is 0. The summed E-state index contributed by atoms with van der Waals surface area (Å²) in [5, 5.41) is 21.9. The Kier molecular flexibility index (Phi) is 7.13. The molecule has 0 unspecified atom stereocenters. The van der Waals surface area contributed by atoms with Crippen molar-refractivity contribution in [2.75, 3.05) is 6.61 Å². The van der Waals surface area contributed by atoms with Crippen LogP contribution in [-0.4, -0.2) is 56.8 Å². The van der Waals surface area contributed by atoms with Gasteiger partial charge in [-0.2, -0.15) is 0 Å². The Morgan fingerprint density at radius 2 is 1.91 bits per heavy atom. The topological polar surface area (TPSA) is 106 Å². The number of allylic oxidation sites excluding steroid dienone is 4. The van der Waals surface area contributed by atoms with E-state index in [9.17, 15) is 19.8 Å². The molecule has 4 aliphatic carbocycles. The second-order valence-corrected chi connectivity index (χ2v) is 14.5. The van der Waals surface area contributed by atoms with Crippen molar-refractivity contribution in [3.8, 4) is 0 Å². The SMILES string of the molecule is Cc1ccc([C@@H](C)Cc2ccc([C@@H]3O[C@@H]4C[C@H]5[C@@H]6CCC7=CC(=O)C=C[C@]7(C)[C@@]6(F)[C@@H](O)C[C@]5(C)[C@]4(C(=O)CO)O3)cn2)cc1. The van der Waals surface area contributed by atoms with Crippen LogP contribution in [0.2, 0.25) is 0 Å². The Morgan fingerprint density at radius 1 is 1.16 bits per heavy atom. The summed E-state index contributed by atoms with van der Waals surface area (Å²) < 4.78 is 30.7. The summed E-state index contributed by atoms with van der Waals surface area (Å²) in [6.45, 7) is 7.15. The number of Topliss-reactive ketones (excluding diaryl/α,β-unsaturated/α-hetero) is 1. The minimum atomic E-state index is -2.03. The van der Waals surface area contributed by atoms with Crippen LogP contribution in [0.4, 0.5) is 4.39 Å². The molecule has 0 radical (unpaired) electrons. The van der Waals surface area contributed by atoms with Gasteiger partial charge in [-0.1, -0.05) is 61.4 Å². The van der Waals surface area contributed by atoms with Crippen molar-refractivity contribution >= 4 is 11.6 Å². The summed E-state index contributed by atoms with van der Waals surface area (Å²) in [4.78, 5) is 30.6. The molecule has 1 aromatic carbocycles. The molecule has 2 aromatic rings. The molecule has 7 rings (SSSR count). The minimum absolute atomic E-state index is 0.0400. The molecule has 45 heavy (non-hydrogen) atoms. The lowest BCUT2D eigenvalue weighted by molar-refractivity contribution is -0.231. The van der Waals surface area contributed by atoms with Crippen molar-refractivity contribution in [1.82, 2.24) is 4.98 Å². The first-order valence-corrected chi connectivity index (χ1v) is 16.2. The van der Waals surface area contributed by atoms with Gasteiger partial charge in [0.1, 0.15) is 6.61 Å². The number of alkyl halides is 1. The minimum Gasteiger partial charge on any atom is -0.390 e. The monoisotopic (exact) mass is 615 g/mol. The van der Waals surface area contributed by atoms with E-state index in [1.807, 2.05) is 19.1 Å². The summed E-state index contributed by atoms with van der Waals surface area (Å²) in [5.74, 6) is -1.34. The van der Waals surface area contributed by atoms with Gasteiger partial charge in [0.25, 0.3) is 0 Å². The van der Waals surface area contributed by atoms with Crippen LogP contribution in [0.1, 0.15) is 81.0 Å². The van der Waals surface area contributed by atoms with Crippen LogP contribution in [-0.2, 0) is 25.5 Å². The standard InChI is InChI=1S/C37H42FNO6/c1-21-5-7-23(8-6-21)22(2)15-26-11-9-24(19-39-26)33-44-32-17-29-28-12-10-25-16-27(41)13-14-34(25,3)36(28,38)30(42)18-35(29,4)37(32,45-33)31(43)20-40/h5-9,11,13-14,16,19,22,28-30,32-33,40,42H,10,12,15,17-18,20H2,1-4H3/t22-,28-,29-,30-,32+,33+,34-,35-,36-,37+/m0/s1. The van der Waals surface area contributed by atoms with Crippen molar-refractivity contribution < 1.29 is 33.7 Å². The van der Waals surface area contributed by atoms with E-state index in [2.05, 4.69) is 38.1 Å². The predicted molar refractivity (Wildman–Crippen MR) is 165 cm³/mol. The van der Waals surface area contributed by atoms with Gasteiger partial charge in [0.05, 0.1) is 12.2 Å². The number of benzene rings is 1. The molecule has 2 heterocycles. The number of fused-ring (bicyclic) bond motifs is 7. The Labute approximate surface area is 263 Å². The summed E-state index contributed by atoms with van der Waals surface area (Å²) >= 11 is 0. The largest absolute Gasteiger partial charge is 0.390 e. The van der Waals surface area contributed by atoms with Crippen molar-refractivity contribution in [1.29, 1.82) is 0 Å². The highest BCUT2D eigenvalue weighted by Crippen LogP contribution is 2.72. The molecule has 0 spiro atoms. The van der Waals surface area contributed by atoms with Crippen LogP contribution in [0.5, 0.6) is 0 Å². The van der Waals surface area contributed by atoms with E-state index in [0.717, 1.165) is 12.1 Å². The zero-order chi connectivity index (χ0) is 31.9. The zero-order valence-corrected chi connectivity index (χ0v) is 26.3. The molecule has 7 nitrogen and oxygen atoms in total. The molecule has 5 aliphatic rings. The van der Waals surface area contributed by atoms with E-state index < -0.39 is 58.9 Å². The molecule has 10 atom stereocenters. The number of hydrogen-bond acceptors (Lipinski definition) is 7. The first-order chi connectivity index (χ1) is 21.4. The van der Waals surface area contributed by atoms with Crippen LogP contribution >= 0.6 is 0 Å². The maximum absolute atomic E-state index is 17.6. The number of carbonyl (C=O) groups is 2. The first kappa shape index (κ1) is 30.6. The number of hydrogen-bond donors (Lipinski definition) is 2. The van der Waals surface area contributed by atoms with E-state index in [4.69, 9.17) is 14.5 Å². The molecular formula is C37H42FNO6. The summed E-state index contributed by atoms with van der Waals surface area (Å²) in [6, 6.07) is 12.4. The first-order valence-electron chi connectivity index (χ1n) is 16.2. The van der Waals surface area contributed by atoms with E-state index >= 15 is 4.39 Å². The average Bonchev–Trinajstić information content (AvgIpc) is 3.52. The molecule has 2 N–H and O–H groups in total. The molecule has 0 amide bonds. The van der Waals surface area contributed by atoms with Gasteiger partial charge in [-0.25, -0.2) is 4.39 Å². The summed E-state index contributed by atoms with van der Waals surface area (Å²) in [6.07, 6.45) is 5.25. The van der Waals surface area contributed by atoms with Crippen LogP contribution in [0.25, 0.3) is 0 Å². The van der Waals surface area contributed by atoms with Crippen LogP contribution in [0, 0.1) is 29.6 Å². The lowest BCUT2D eigenvalue weighted by Gasteiger charge is -2.62. The Hall–Kier alpha value is -3.04. The number of rotatable bonds is 6. The van der Waals surface area contributed by atoms with Gasteiger partial charge in [0, 0.05) is 34.2 Å². The van der Waals surface area contributed by atoms with Crippen molar-refractivity contribution in [3.63, 3.8) is 0 Å². The Morgan fingerprint density at radius 3 is 2.60 bits per heavy atom. The lowest BCUT2D eigenvalue weighted by atomic mass is 9.44. The van der Waals surface area contributed by atoms with Gasteiger partial charge in [0.2, 0.25) is 0 Å². The third kappa shape index (κ3) is 4.18. The quantitative estimate of drug-likeness (QED) is 0.447. The van der Waals surface area contributed by atoms with Gasteiger partial charge in [-0.3, -0.25) is 14.6 Å². The number of carbonyl (C=O) groups excluding carboxylic acids is 2. The number of nitrogens with zero attached hydrogens (tertiary/aromatic N) is 1. The molecule has 3 saturated carbocycles. The molecule has 0 bridgehead atoms. The van der Waals surface area contributed by atoms with Crippen LogP contribution < -0.4 is 0 Å². The fourth-order valence-corrected chi connectivity index (χ4v) is 9.74. The number of aliphatic hydroxyl groups excluding tert-OH is 2. The number of aryl methyl sites for hydroxylation is 1. The molecule has 1 saturated heterocycles. The van der Waals surface area contributed by atoms with Gasteiger partial charge in [-0.05, 0) is 81.6 Å². The number of aromatic nitrogens is 1. The highest BCUT2D eigenvalue weighted by molar-refractivity contribution is 6.01. The fourth-order valence-electron chi connectivity index (χ4n) is 9.74. The van der Waals surface area contributed by atoms with Gasteiger partial charge < -0.3 is 19.7 Å². The molecule has 8 heteroatoms. The average molecular weight is 616 g/mol. The lowest BCUT2D eigenvalue weighted by Crippen LogP contribution is -2.69. The second-order valence-electron chi connectivity index (χ2n) is 14.5. The normalized spacial score (nSPS) is 40.6. The van der Waals surface area contributed by atoms with Gasteiger partial charge >= 0.3 is 0 Å². The number of ketones is 2. The molecule has 4 fully saturated rings. The summed E-state index contributed by atoms with van der Waals surface area (Å²) in [5.41, 5.74) is -0.957. The Balaban J connectivity index is 1.16. The third-order valence-corrected chi connectivity index (χ3v) is 12.2. The highest BCUT2D eigenvalue weighted by Gasteiger charge is 2.79. The van der Waals surface area contributed by atoms with Crippen molar-refractivity contribution in [2.45, 2.75) is 95.5 Å². The maximum Gasteiger partial charge on any atom is 0.193 e.